The fourth-order valence-corrected chi connectivity index (χ4v) is 15.5. The molecule has 0 aliphatic carbocycles. The van der Waals surface area contributed by atoms with Crippen molar-refractivity contribution in [3.8, 4) is 34.5 Å². The van der Waals surface area contributed by atoms with E-state index in [2.05, 4.69) is 0 Å². The van der Waals surface area contributed by atoms with E-state index in [-0.39, 0.29) is 191 Å². The molecule has 0 bridgehead atoms. The second-order valence-corrected chi connectivity index (χ2v) is 39.9. The minimum absolute atomic E-state index is 0. The molecular weight excluding hydrogens is 1970 g/mol. The van der Waals surface area contributed by atoms with E-state index in [4.69, 9.17) is 47.0 Å². The molecule has 0 spiro atoms. The topological polar surface area (TPSA) is 573 Å². The predicted octanol–water partition coefficient (Wildman–Crippen LogP) is -1.91. The summed E-state index contributed by atoms with van der Waals surface area (Å²) in [6, 6.07) is 70.4. The zero-order valence-corrected chi connectivity index (χ0v) is 88.5. The zero-order chi connectivity index (χ0) is 104. The largest absolute Gasteiger partial charge is 1.00 e. The van der Waals surface area contributed by atoms with Crippen LogP contribution < -0.4 is 110 Å². The predicted molar refractivity (Wildman–Crippen MR) is 529 cm³/mol. The summed E-state index contributed by atoms with van der Waals surface area (Å²) in [5, 5.41) is 102. The van der Waals surface area contributed by atoms with Gasteiger partial charge in [-0.1, -0.05) is 168 Å². The fourth-order valence-electron chi connectivity index (χ4n) is 13.0. The maximum atomic E-state index is 11.5. The van der Waals surface area contributed by atoms with Crippen molar-refractivity contribution in [3.63, 3.8) is 0 Å². The molecule has 0 fully saturated rings. The average Bonchev–Trinajstić information content (AvgIpc) is 0.835. The normalized spacial score (nSPS) is 13.5. The Morgan fingerprint density at radius 2 is 0.465 bits per heavy atom. The van der Waals surface area contributed by atoms with Crippen molar-refractivity contribution in [3.05, 3.63) is 255 Å². The van der Waals surface area contributed by atoms with Gasteiger partial charge in [0.15, 0.2) is 0 Å². The van der Waals surface area contributed by atoms with Crippen molar-refractivity contribution < 1.29 is 221 Å². The van der Waals surface area contributed by atoms with Gasteiger partial charge in [-0.25, -0.2) is 25.3 Å². The van der Waals surface area contributed by atoms with Crippen LogP contribution in [0.4, 0.5) is 17.1 Å². The van der Waals surface area contributed by atoms with Crippen molar-refractivity contribution >= 4 is 67.7 Å². The van der Waals surface area contributed by atoms with Gasteiger partial charge in [-0.3, -0.25) is 18.9 Å². The van der Waals surface area contributed by atoms with Gasteiger partial charge in [0.1, 0.15) is 141 Å². The molecule has 0 heterocycles. The molecule has 0 aliphatic rings. The minimum Gasteiger partial charge on any atom is -0.744 e. The van der Waals surface area contributed by atoms with E-state index < -0.39 is 132 Å². The average molecular weight is 2110 g/mol. The third kappa shape index (κ3) is 60.7. The summed E-state index contributed by atoms with van der Waals surface area (Å²) < 4.78 is 208. The maximum absolute atomic E-state index is 11.5. The summed E-state index contributed by atoms with van der Waals surface area (Å²) in [6.07, 6.45) is -3.52. The van der Waals surface area contributed by atoms with E-state index >= 15 is 0 Å². The van der Waals surface area contributed by atoms with E-state index in [1.54, 1.807) is 115 Å². The Bertz CT molecular complexity index is 4870. The van der Waals surface area contributed by atoms with Crippen LogP contribution in [0.5, 0.6) is 34.5 Å². The molecular formula is C98H136Li2N5NaO33S5. The van der Waals surface area contributed by atoms with Crippen molar-refractivity contribution in [2.24, 2.45) is 0 Å². The second-order valence-electron chi connectivity index (χ2n) is 32.6. The Kier molecular flexibility index (Phi) is 66.8. The first-order valence-corrected chi connectivity index (χ1v) is 53.2. The van der Waals surface area contributed by atoms with E-state index in [0.29, 0.717) is 90.7 Å². The van der Waals surface area contributed by atoms with E-state index in [9.17, 15) is 107 Å². The molecule has 0 aromatic heterocycles. The molecule has 9 rings (SSSR count). The van der Waals surface area contributed by atoms with E-state index in [1.165, 1.54) is 54.6 Å². The maximum Gasteiger partial charge on any atom is 1.00 e. The first kappa shape index (κ1) is 132. The number of unbranched alkanes of at least 4 members (excludes halogenated alkanes) is 2. The van der Waals surface area contributed by atoms with E-state index in [1.807, 2.05) is 137 Å². The molecule has 784 valence electrons. The molecule has 0 aliphatic heterocycles. The molecule has 10 atom stereocenters. The number of anilines is 3. The molecule has 38 nitrogen and oxygen atoms in total. The van der Waals surface area contributed by atoms with Crippen LogP contribution in [0, 0.1) is 0 Å². The van der Waals surface area contributed by atoms with Crippen molar-refractivity contribution in [1.82, 2.24) is 9.80 Å². The Morgan fingerprint density at radius 3 is 0.646 bits per heavy atom. The third-order valence-electron chi connectivity index (χ3n) is 20.2. The summed E-state index contributed by atoms with van der Waals surface area (Å²) in [5.41, 5.74) is 1.10. The van der Waals surface area contributed by atoms with Crippen LogP contribution in [0.15, 0.2) is 269 Å². The SMILES string of the molecule is CCC(O)CN(CCS(=O)(=O)O)CC(O)CC.CCCCOCC(O)CN(CCS(=O)(=O)O)CC(O)COCCCC.O=S(=O)([O-])c1cccc(N(CC(O)COc2ccccc2)CC(O)COc2ccccc2)c1.O=S(=O)([O-])c1cccc(N(CC(O)COc2ccccc2)CC(O)COc2ccccc2)c1.O=S(=O)([O-])c1cccc(N(CC(O)COc2ccccc2)CC(O)COc2ccccc2)c1.[Li+].[Li+].[Na+]. The van der Waals surface area contributed by atoms with E-state index in [0.717, 1.165) is 25.7 Å². The second kappa shape index (κ2) is 72.7. The van der Waals surface area contributed by atoms with Crippen LogP contribution in [0.1, 0.15) is 66.2 Å². The zero-order valence-electron chi connectivity index (χ0n) is 82.5. The number of hydrogen-bond acceptors (Lipinski definition) is 36. The van der Waals surface area contributed by atoms with Gasteiger partial charge in [0, 0.05) is 109 Å². The molecule has 9 aromatic rings. The number of para-hydroxylation sites is 6. The van der Waals surface area contributed by atoms with Crippen LogP contribution in [0.3, 0.4) is 0 Å². The van der Waals surface area contributed by atoms with Crippen molar-refractivity contribution in [2.45, 2.75) is 142 Å². The van der Waals surface area contributed by atoms with Crippen LogP contribution in [0.2, 0.25) is 0 Å². The molecule has 12 N–H and O–H groups in total. The van der Waals surface area contributed by atoms with Gasteiger partial charge in [0.05, 0.1) is 63.8 Å². The van der Waals surface area contributed by atoms with Crippen molar-refractivity contribution in [2.75, 3.05) is 171 Å². The molecule has 0 saturated carbocycles. The van der Waals surface area contributed by atoms with Crippen LogP contribution >= 0.6 is 0 Å². The van der Waals surface area contributed by atoms with Gasteiger partial charge < -0.3 is 117 Å². The number of nitrogens with zero attached hydrogens (tertiary/aromatic N) is 5. The van der Waals surface area contributed by atoms with Crippen LogP contribution in [0.25, 0.3) is 0 Å². The molecule has 0 amide bonds. The third-order valence-corrected chi connectivity index (χ3v) is 24.1. The monoisotopic (exact) mass is 2110 g/mol. The number of rotatable bonds is 62. The molecule has 0 saturated heterocycles. The summed E-state index contributed by atoms with van der Waals surface area (Å²) in [7, 11) is -22.1. The molecule has 9 aromatic carbocycles. The Balaban J connectivity index is 0.000000616. The Labute approximate surface area is 893 Å². The number of aliphatic hydroxyl groups is 10. The smallest absolute Gasteiger partial charge is 0.744 e. The summed E-state index contributed by atoms with van der Waals surface area (Å²) in [5.74, 6) is 2.73. The van der Waals surface area contributed by atoms with Gasteiger partial charge in [-0.2, -0.15) is 16.8 Å². The minimum atomic E-state index is -4.66. The number of hydrogen-bond donors (Lipinski definition) is 12. The number of aliphatic hydroxyl groups excluding tert-OH is 10. The van der Waals surface area contributed by atoms with Crippen molar-refractivity contribution in [1.29, 1.82) is 0 Å². The van der Waals surface area contributed by atoms with Gasteiger partial charge in [0.25, 0.3) is 20.2 Å². The fraction of sp³-hybridized carbons (Fsp3) is 0.449. The van der Waals surface area contributed by atoms with Crippen LogP contribution in [-0.2, 0) is 60.1 Å². The Hall–Kier alpha value is -7.64. The van der Waals surface area contributed by atoms with Gasteiger partial charge in [-0.15, -0.1) is 0 Å². The van der Waals surface area contributed by atoms with Crippen LogP contribution in [-0.4, -0.2) is 343 Å². The molecule has 0 radical (unpaired) electrons. The summed E-state index contributed by atoms with van der Waals surface area (Å²) >= 11 is 0. The first-order valence-electron chi connectivity index (χ1n) is 45.8. The first-order chi connectivity index (χ1) is 67.0. The summed E-state index contributed by atoms with van der Waals surface area (Å²) in [6.45, 7) is 10.2. The molecule has 144 heavy (non-hydrogen) atoms. The van der Waals surface area contributed by atoms with Gasteiger partial charge in [-0.05, 0) is 153 Å². The number of benzene rings is 9. The molecule has 46 heteroatoms. The van der Waals surface area contributed by atoms with Gasteiger partial charge in [0.2, 0.25) is 0 Å². The Morgan fingerprint density at radius 1 is 0.271 bits per heavy atom. The molecule has 10 unspecified atom stereocenters. The standard InChI is InChI=1S/3C24H27NO7S.C16H35NO7S.C10H23NO5S.2Li.Na/c3*26-20(17-31-22-9-3-1-4-10-22)15-25(19-8-7-13-24(14-19)33(28,29)30)16-21(27)18-32-23-11-5-2-6-12-23;1-3-5-8-23-13-15(18)11-17(7-10-25(20,21)22)12-16(19)14-24-9-6-4-2;1-3-9(12)7-11(8-10(13)4-2)5-6-17(14,15)16;;;/h3*1-14,20-21,26-27H,15-18H2,(H,28,29,30);15-16,18-19H,3-14H2,1-2H3,(H,20,21,22);9-10,12-13H,3-8H2,1-2H3,(H,14,15,16);;;/q;;;;;3*+1/p-3. The summed E-state index contributed by atoms with van der Waals surface area (Å²) in [4.78, 5) is 6.83. The van der Waals surface area contributed by atoms with Gasteiger partial charge >= 0.3 is 67.3 Å². The quantitative estimate of drug-likeness (QED) is 0.0112. The number of ether oxygens (including phenoxy) is 8.